The van der Waals surface area contributed by atoms with Crippen molar-refractivity contribution in [2.24, 2.45) is 5.16 Å². The second-order valence-electron chi connectivity index (χ2n) is 32.8. The number of hydrogen-bond acceptors (Lipinski definition) is 26. The monoisotopic (exact) mass is 1930 g/mol. The normalized spacial score (nSPS) is 15.1. The predicted molar refractivity (Wildman–Crippen MR) is 500 cm³/mol. The molecule has 3 aliphatic rings. The lowest BCUT2D eigenvalue weighted by Gasteiger charge is -2.25. The van der Waals surface area contributed by atoms with Crippen molar-refractivity contribution in [2.45, 2.75) is 145 Å². The Bertz CT molecular complexity index is 5810. The summed E-state index contributed by atoms with van der Waals surface area (Å²) in [4.78, 5) is 231. The molecule has 5 atom stereocenters. The molecular weight excluding hydrogens is 1830 g/mol. The third-order valence-electron chi connectivity index (χ3n) is 20.8. The molecule has 42 heteroatoms. The van der Waals surface area contributed by atoms with Gasteiger partial charge in [0.2, 0.25) is 23.6 Å². The molecule has 3 heterocycles. The second-order valence-corrected chi connectivity index (χ2v) is 33.6. The number of phenolic OH excluding ortho intramolecular Hbond substituents is 2. The standard InChI is InChI=1S/C34H35Cl2N5O9.C33H40N4O9.C28H31FN4O8/c1-19-11-21(12-20(2)32(19)46)33(47)39-26-15-40(30(43)18-49-3)27-9-4-5-10-28(27)41(34(26)48)16-29(42)38-22(13-31(44)45)14-37-50-17-23-24(35)7-6-8-25(23)36;1-19-13-23(14-20(2)30(19)44-8)31(42)35-25-16-36(21(3)38)26-11-9-10-12-27(26)37(32(25)43)17-28(40)34-24(18-45-22(4)39)15-29(41)46-33(5,6)7;1-15-7-18(8-16(2)26(15)38)27(39)31-21-11-32(25(37)14-41-4)23-10-19(29)5-6-22(23)33(28(21)40)12-24(36)30-20(13-34)9-17(3)35/h4-12,14,22,26,46H,13,15-18H2,1-3H3,(H,38,42)(H,39,47)(H,44,45);9-14,18,25H,15-17H2,1-8H3,(H,34,40)(H,35,42);5-8,10,13,20-21,38H,9,11-12,14H2,1-4H3,(H,30,36)(H,31,39)/b37-14-;;/t22-,26-;25-;20-,21-/m000/s1. The van der Waals surface area contributed by atoms with Crippen LogP contribution in [0.25, 0.3) is 0 Å². The molecule has 0 saturated heterocycles. The highest BCUT2D eigenvalue weighted by Crippen LogP contribution is 2.38. The number of carbonyl (C=O) groups is 17. The number of aldehydes is 1. The third-order valence-corrected chi connectivity index (χ3v) is 21.5. The number of ketones is 1. The van der Waals surface area contributed by atoms with Gasteiger partial charge >= 0.3 is 17.9 Å². The summed E-state index contributed by atoms with van der Waals surface area (Å²) in [6.45, 7) is 15.2. The molecule has 0 fully saturated rings. The minimum absolute atomic E-state index is 0.00158. The van der Waals surface area contributed by atoms with Crippen LogP contribution in [-0.2, 0) is 97.5 Å². The van der Waals surface area contributed by atoms with E-state index in [1.54, 1.807) is 135 Å². The largest absolute Gasteiger partial charge is 0.507 e. The van der Waals surface area contributed by atoms with Crippen LogP contribution in [0.2, 0.25) is 10.0 Å². The smallest absolute Gasteiger partial charge is 0.312 e. The number of nitrogens with one attached hydrogen (secondary N) is 6. The van der Waals surface area contributed by atoms with Crippen molar-refractivity contribution < 1.29 is 130 Å². The summed E-state index contributed by atoms with van der Waals surface area (Å²) >= 11 is 12.3. The quantitative estimate of drug-likeness (QED) is 0.00644. The van der Waals surface area contributed by atoms with Gasteiger partial charge in [-0.2, -0.15) is 0 Å². The van der Waals surface area contributed by atoms with Gasteiger partial charge in [0.05, 0.1) is 97.7 Å². The first-order chi connectivity index (χ1) is 64.6. The number of rotatable bonds is 32. The molecule has 0 radical (unpaired) electrons. The van der Waals surface area contributed by atoms with Crippen LogP contribution in [0.5, 0.6) is 17.2 Å². The number of ether oxygens (including phenoxy) is 5. The molecule has 12 amide bonds. The molecule has 0 bridgehead atoms. The van der Waals surface area contributed by atoms with Gasteiger partial charge in [0, 0.05) is 66.8 Å². The summed E-state index contributed by atoms with van der Waals surface area (Å²) in [6.07, 6.45) is 1.15. The SMILES string of the molecule is COCC(=O)N1C[C@H](NC(=O)c2cc(C)c(O)c(C)c2)C(=O)N(CC(=O)N[C@H](/C=N\OCc2c(Cl)cccc2Cl)CC(=O)O)c2ccccc21.COCC(=O)N1C[C@H](NC(=O)c2cc(C)c(O)c(C)c2)C(=O)N(CC(=O)N[C@H](C=O)CC(C)=O)c2ccc(F)cc21.COc1c(C)cc(C(=O)N[C@H]2CN(C(C)=O)c3ccccc3N(CC(=O)NC(=COC(C)=O)CC(=O)OC(C)(C)C)C2=O)cc1C. The molecule has 0 saturated carbocycles. The van der Waals surface area contributed by atoms with E-state index in [4.69, 9.17) is 51.7 Å². The van der Waals surface area contributed by atoms with Crippen LogP contribution < -0.4 is 66.0 Å². The van der Waals surface area contributed by atoms with Crippen LogP contribution in [0, 0.1) is 47.4 Å². The summed E-state index contributed by atoms with van der Waals surface area (Å²) < 4.78 is 40.0. The van der Waals surface area contributed by atoms with Crippen molar-refractivity contribution in [1.29, 1.82) is 0 Å². The number of methoxy groups -OCH3 is 3. The number of halogens is 3. The van der Waals surface area contributed by atoms with Gasteiger partial charge in [-0.25, -0.2) is 4.39 Å². The number of amides is 12. The number of benzene rings is 7. The molecule has 10 rings (SSSR count). The van der Waals surface area contributed by atoms with Gasteiger partial charge in [0.25, 0.3) is 47.3 Å². The second kappa shape index (κ2) is 48.8. The Morgan fingerprint density at radius 3 is 1.35 bits per heavy atom. The molecule has 39 nitrogen and oxygen atoms in total. The summed E-state index contributed by atoms with van der Waals surface area (Å²) in [5.41, 5.74) is 4.38. The minimum atomic E-state index is -1.40. The average Bonchev–Trinajstić information content (AvgIpc) is 1.65. The summed E-state index contributed by atoms with van der Waals surface area (Å²) in [5, 5.41) is 49.6. The van der Waals surface area contributed by atoms with Gasteiger partial charge in [-0.05, 0) is 194 Å². The van der Waals surface area contributed by atoms with Gasteiger partial charge in [0.1, 0.15) is 105 Å². The van der Waals surface area contributed by atoms with Crippen molar-refractivity contribution in [3.05, 3.63) is 205 Å². The maximum Gasteiger partial charge on any atom is 0.312 e. The highest BCUT2D eigenvalue weighted by Gasteiger charge is 2.43. The predicted octanol–water partition coefficient (Wildman–Crippen LogP) is 7.60. The Morgan fingerprint density at radius 2 is 0.942 bits per heavy atom. The van der Waals surface area contributed by atoms with Crippen molar-refractivity contribution in [1.82, 2.24) is 31.9 Å². The van der Waals surface area contributed by atoms with E-state index in [2.05, 4.69) is 37.1 Å². The Labute approximate surface area is 797 Å². The number of oxime groups is 1. The third kappa shape index (κ3) is 29.5. The molecule has 0 spiro atoms. The molecule has 0 aromatic heterocycles. The average molecular weight is 1940 g/mol. The zero-order chi connectivity index (χ0) is 101. The topological polar surface area (TPSA) is 510 Å². The summed E-state index contributed by atoms with van der Waals surface area (Å²) in [5.74, 6) is -11.0. The highest BCUT2D eigenvalue weighted by molar-refractivity contribution is 6.36. The number of esters is 2. The van der Waals surface area contributed by atoms with E-state index in [9.17, 15) is 101 Å². The van der Waals surface area contributed by atoms with Crippen molar-refractivity contribution >= 4 is 164 Å². The number of carboxylic acid groups (broad SMARTS) is 1. The fourth-order valence-corrected chi connectivity index (χ4v) is 15.2. The Morgan fingerprint density at radius 1 is 0.533 bits per heavy atom. The molecule has 137 heavy (non-hydrogen) atoms. The molecule has 0 aliphatic carbocycles. The number of nitrogens with zero attached hydrogens (tertiary/aromatic N) is 7. The lowest BCUT2D eigenvalue weighted by Crippen LogP contribution is -2.55. The Balaban J connectivity index is 0.000000254. The number of carboxylic acids is 1. The van der Waals surface area contributed by atoms with Crippen LogP contribution >= 0.6 is 23.2 Å². The number of fused-ring (bicyclic) bond motifs is 3. The lowest BCUT2D eigenvalue weighted by molar-refractivity contribution is -0.154. The molecule has 0 unspecified atom stereocenters. The first-order valence-corrected chi connectivity index (χ1v) is 43.1. The number of hydrogen-bond donors (Lipinski definition) is 9. The van der Waals surface area contributed by atoms with E-state index in [-0.39, 0.29) is 107 Å². The maximum absolute atomic E-state index is 14.4. The van der Waals surface area contributed by atoms with E-state index in [1.807, 2.05) is 0 Å². The van der Waals surface area contributed by atoms with E-state index >= 15 is 0 Å². The zero-order valence-corrected chi connectivity index (χ0v) is 79.2. The maximum atomic E-state index is 14.4. The van der Waals surface area contributed by atoms with Gasteiger partial charge in [-0.15, -0.1) is 0 Å². The highest BCUT2D eigenvalue weighted by atomic mass is 35.5. The number of aromatic hydroxyl groups is 2. The molecule has 7 aromatic rings. The van der Waals surface area contributed by atoms with Crippen LogP contribution in [0.3, 0.4) is 0 Å². The van der Waals surface area contributed by atoms with Gasteiger partial charge in [-0.1, -0.05) is 58.7 Å². The fraction of sp³-hybridized carbons (Fsp3) is 0.347. The summed E-state index contributed by atoms with van der Waals surface area (Å²) in [7, 11) is 4.15. The van der Waals surface area contributed by atoms with E-state index in [0.29, 0.717) is 55.6 Å². The van der Waals surface area contributed by atoms with Crippen molar-refractivity contribution in [3.63, 3.8) is 0 Å². The number of aryl methyl sites for hydroxylation is 6. The Hall–Kier alpha value is -15.0. The van der Waals surface area contributed by atoms with Crippen LogP contribution in [0.15, 0.2) is 138 Å². The number of carbonyl (C=O) groups excluding carboxylic acids is 16. The Kier molecular flexibility index (Phi) is 38.2. The number of anilines is 6. The minimum Gasteiger partial charge on any atom is -0.507 e. The van der Waals surface area contributed by atoms with Crippen LogP contribution in [0.4, 0.5) is 38.5 Å². The molecular formula is C95H106Cl2FN13O26. The van der Waals surface area contributed by atoms with E-state index in [1.165, 1.54) is 81.4 Å². The first kappa shape index (κ1) is 107. The number of para-hydroxylation sites is 4. The van der Waals surface area contributed by atoms with E-state index in [0.717, 1.165) is 62.3 Å². The summed E-state index contributed by atoms with van der Waals surface area (Å²) in [6, 6.07) is 23.8. The number of aliphatic carboxylic acids is 1. The van der Waals surface area contributed by atoms with Crippen LogP contribution in [-0.4, -0.2) is 232 Å². The number of phenols is 2. The fourth-order valence-electron chi connectivity index (χ4n) is 14.7. The molecule has 7 aromatic carbocycles. The molecule has 728 valence electrons. The van der Waals surface area contributed by atoms with Gasteiger partial charge < -0.3 is 95.2 Å². The zero-order valence-electron chi connectivity index (χ0n) is 77.6. The molecule has 9 N–H and O–H groups in total. The van der Waals surface area contributed by atoms with Crippen molar-refractivity contribution in [2.75, 3.05) is 103 Å². The van der Waals surface area contributed by atoms with E-state index < -0.39 is 170 Å². The van der Waals surface area contributed by atoms with Gasteiger partial charge in [0.15, 0.2) is 0 Å². The van der Waals surface area contributed by atoms with Crippen LogP contribution in [0.1, 0.15) is 131 Å². The van der Waals surface area contributed by atoms with Crippen molar-refractivity contribution in [3.8, 4) is 17.2 Å². The number of Topliss-reactive ketones (excluding diaryl/α,β-unsaturated/α-hetero) is 1. The van der Waals surface area contributed by atoms with Gasteiger partial charge in [-0.3, -0.25) is 91.4 Å². The molecule has 3 aliphatic heterocycles. The first-order valence-electron chi connectivity index (χ1n) is 42.3. The lowest BCUT2D eigenvalue weighted by atomic mass is 10.0.